The molecule has 3 aromatic rings. The molecule has 1 amide bonds. The molecule has 0 radical (unpaired) electrons. The number of hydrogen-bond donors (Lipinski definition) is 2. The molecule has 0 atom stereocenters. The Morgan fingerprint density at radius 1 is 1.07 bits per heavy atom. The average molecular weight is 380 g/mol. The van der Waals surface area contributed by atoms with Crippen LogP contribution in [0.15, 0.2) is 58.5 Å². The highest BCUT2D eigenvalue weighted by molar-refractivity contribution is 7.99. The maximum atomic E-state index is 12.2. The maximum Gasteiger partial charge on any atom is 0.273 e. The van der Waals surface area contributed by atoms with E-state index in [0.717, 1.165) is 34.1 Å². The minimum atomic E-state index is -0.286. The van der Waals surface area contributed by atoms with Gasteiger partial charge in [-0.05, 0) is 36.6 Å². The molecule has 3 rings (SSSR count). The van der Waals surface area contributed by atoms with E-state index in [4.69, 9.17) is 0 Å². The number of anilines is 1. The Bertz CT molecular complexity index is 1000. The number of aromatic nitrogens is 3. The van der Waals surface area contributed by atoms with E-state index in [1.54, 1.807) is 0 Å². The van der Waals surface area contributed by atoms with E-state index < -0.39 is 0 Å². The van der Waals surface area contributed by atoms with E-state index in [1.807, 2.05) is 62.4 Å². The molecule has 2 N–H and O–H groups in total. The zero-order valence-corrected chi connectivity index (χ0v) is 16.0. The van der Waals surface area contributed by atoms with Crippen molar-refractivity contribution in [3.05, 3.63) is 81.3 Å². The summed E-state index contributed by atoms with van der Waals surface area (Å²) in [4.78, 5) is 27.1. The molecular weight excluding hydrogens is 360 g/mol. The molecule has 0 aliphatic carbocycles. The summed E-state index contributed by atoms with van der Waals surface area (Å²) in [5.74, 6) is -0.0274. The van der Waals surface area contributed by atoms with Gasteiger partial charge in [0, 0.05) is 12.1 Å². The van der Waals surface area contributed by atoms with Crippen molar-refractivity contribution in [3.63, 3.8) is 0 Å². The molecule has 0 unspecified atom stereocenters. The summed E-state index contributed by atoms with van der Waals surface area (Å²) in [5, 5.41) is 11.2. The Morgan fingerprint density at radius 2 is 1.85 bits per heavy atom. The predicted molar refractivity (Wildman–Crippen MR) is 107 cm³/mol. The zero-order valence-electron chi connectivity index (χ0n) is 15.2. The number of nitrogens with zero attached hydrogens (tertiary/aromatic N) is 2. The Hall–Kier alpha value is -2.93. The van der Waals surface area contributed by atoms with Gasteiger partial charge in [0.05, 0.1) is 5.75 Å². The van der Waals surface area contributed by atoms with Crippen LogP contribution in [0.3, 0.4) is 0 Å². The standard InChI is InChI=1S/C20H20N4O2S/c1-13-7-6-10-16(14(13)2)21-18(25)12-27-20-22-19(26)17(23-24-20)11-15-8-4-3-5-9-15/h3-10H,11-12H2,1-2H3,(H,21,25)(H,22,24,26). The quantitative estimate of drug-likeness (QED) is 0.642. The minimum absolute atomic E-state index is 0.135. The summed E-state index contributed by atoms with van der Waals surface area (Å²) in [7, 11) is 0. The summed E-state index contributed by atoms with van der Waals surface area (Å²) in [6.07, 6.45) is 0.418. The van der Waals surface area contributed by atoms with Gasteiger partial charge in [0.1, 0.15) is 5.69 Å². The fraction of sp³-hybridized carbons (Fsp3) is 0.200. The summed E-state index contributed by atoms with van der Waals surface area (Å²) in [5.41, 5.74) is 4.00. The van der Waals surface area contributed by atoms with Crippen molar-refractivity contribution in [1.29, 1.82) is 0 Å². The average Bonchev–Trinajstić information content (AvgIpc) is 2.67. The van der Waals surface area contributed by atoms with Gasteiger partial charge in [0.2, 0.25) is 5.91 Å². The van der Waals surface area contributed by atoms with E-state index in [1.165, 1.54) is 0 Å². The number of nitrogens with one attached hydrogen (secondary N) is 2. The number of aromatic amines is 1. The number of aryl methyl sites for hydroxylation is 1. The summed E-state index contributed by atoms with van der Waals surface area (Å²) in [6.45, 7) is 3.96. The topological polar surface area (TPSA) is 87.7 Å². The first-order valence-electron chi connectivity index (χ1n) is 8.51. The second-order valence-electron chi connectivity index (χ2n) is 6.15. The second kappa shape index (κ2) is 8.64. The molecule has 0 aliphatic rings. The molecule has 2 aromatic carbocycles. The molecule has 27 heavy (non-hydrogen) atoms. The van der Waals surface area contributed by atoms with Crippen molar-refractivity contribution in [2.45, 2.75) is 25.4 Å². The monoisotopic (exact) mass is 380 g/mol. The Balaban J connectivity index is 1.59. The van der Waals surface area contributed by atoms with Crippen LogP contribution in [0, 0.1) is 13.8 Å². The normalized spacial score (nSPS) is 10.6. The number of thioether (sulfide) groups is 1. The Kier molecular flexibility index (Phi) is 6.03. The summed E-state index contributed by atoms with van der Waals surface area (Å²) >= 11 is 1.15. The molecule has 1 aromatic heterocycles. The predicted octanol–water partition coefficient (Wildman–Crippen LogP) is 3.10. The highest BCUT2D eigenvalue weighted by atomic mass is 32.2. The first-order chi connectivity index (χ1) is 13.0. The number of rotatable bonds is 6. The van der Waals surface area contributed by atoms with Gasteiger partial charge in [0.25, 0.3) is 5.56 Å². The lowest BCUT2D eigenvalue weighted by atomic mass is 10.1. The number of hydrogen-bond acceptors (Lipinski definition) is 5. The highest BCUT2D eigenvalue weighted by Gasteiger charge is 2.10. The number of benzene rings is 2. The van der Waals surface area contributed by atoms with Gasteiger partial charge in [-0.1, -0.05) is 54.2 Å². The summed E-state index contributed by atoms with van der Waals surface area (Å²) < 4.78 is 0. The number of carbonyl (C=O) groups excluding carboxylic acids is 1. The van der Waals surface area contributed by atoms with Crippen LogP contribution < -0.4 is 10.9 Å². The van der Waals surface area contributed by atoms with Gasteiger partial charge in [-0.15, -0.1) is 10.2 Å². The maximum absolute atomic E-state index is 12.2. The fourth-order valence-electron chi connectivity index (χ4n) is 2.52. The van der Waals surface area contributed by atoms with Crippen molar-refractivity contribution in [2.75, 3.05) is 11.1 Å². The number of amides is 1. The molecule has 138 valence electrons. The second-order valence-corrected chi connectivity index (χ2v) is 7.12. The van der Waals surface area contributed by atoms with Gasteiger partial charge in [-0.3, -0.25) is 14.6 Å². The summed E-state index contributed by atoms with van der Waals surface area (Å²) in [6, 6.07) is 15.4. The minimum Gasteiger partial charge on any atom is -0.325 e. The van der Waals surface area contributed by atoms with Crippen LogP contribution in [-0.4, -0.2) is 26.8 Å². The molecule has 0 spiro atoms. The third-order valence-corrected chi connectivity index (χ3v) is 5.04. The van der Waals surface area contributed by atoms with Crippen LogP contribution in [0.4, 0.5) is 5.69 Å². The van der Waals surface area contributed by atoms with E-state index in [-0.39, 0.29) is 17.2 Å². The molecule has 0 fully saturated rings. The van der Waals surface area contributed by atoms with Crippen molar-refractivity contribution < 1.29 is 4.79 Å². The van der Waals surface area contributed by atoms with E-state index in [2.05, 4.69) is 20.5 Å². The van der Waals surface area contributed by atoms with E-state index in [9.17, 15) is 9.59 Å². The Labute approximate surface area is 161 Å². The molecule has 0 bridgehead atoms. The largest absolute Gasteiger partial charge is 0.325 e. The van der Waals surface area contributed by atoms with Crippen LogP contribution in [0.5, 0.6) is 0 Å². The molecule has 0 saturated heterocycles. The fourth-order valence-corrected chi connectivity index (χ4v) is 3.13. The van der Waals surface area contributed by atoms with Crippen LogP contribution in [0.1, 0.15) is 22.4 Å². The SMILES string of the molecule is Cc1cccc(NC(=O)CSc2nnc(Cc3ccccc3)c(=O)[nH]2)c1C. The van der Waals surface area contributed by atoms with Gasteiger partial charge < -0.3 is 5.32 Å². The molecule has 0 aliphatic heterocycles. The van der Waals surface area contributed by atoms with Crippen LogP contribution in [0.25, 0.3) is 0 Å². The number of H-pyrrole nitrogens is 1. The lowest BCUT2D eigenvalue weighted by molar-refractivity contribution is -0.113. The third-order valence-electron chi connectivity index (χ3n) is 4.18. The van der Waals surface area contributed by atoms with Gasteiger partial charge in [-0.2, -0.15) is 0 Å². The lowest BCUT2D eigenvalue weighted by Gasteiger charge is -2.10. The van der Waals surface area contributed by atoms with Gasteiger partial charge in [0.15, 0.2) is 5.16 Å². The van der Waals surface area contributed by atoms with Gasteiger partial charge >= 0.3 is 0 Å². The highest BCUT2D eigenvalue weighted by Crippen LogP contribution is 2.19. The number of carbonyl (C=O) groups is 1. The van der Waals surface area contributed by atoms with E-state index >= 15 is 0 Å². The van der Waals surface area contributed by atoms with Crippen LogP contribution >= 0.6 is 11.8 Å². The van der Waals surface area contributed by atoms with Crippen molar-refractivity contribution in [1.82, 2.24) is 15.2 Å². The first kappa shape index (κ1) is 18.8. The molecule has 7 heteroatoms. The van der Waals surface area contributed by atoms with Crippen LogP contribution in [-0.2, 0) is 11.2 Å². The molecular formula is C20H20N4O2S. The Morgan fingerprint density at radius 3 is 2.59 bits per heavy atom. The van der Waals surface area contributed by atoms with Crippen molar-refractivity contribution in [2.24, 2.45) is 0 Å². The van der Waals surface area contributed by atoms with Gasteiger partial charge in [-0.25, -0.2) is 0 Å². The lowest BCUT2D eigenvalue weighted by Crippen LogP contribution is -2.19. The molecule has 6 nitrogen and oxygen atoms in total. The zero-order chi connectivity index (χ0) is 19.2. The molecule has 1 heterocycles. The smallest absolute Gasteiger partial charge is 0.273 e. The van der Waals surface area contributed by atoms with E-state index in [0.29, 0.717) is 17.3 Å². The first-order valence-corrected chi connectivity index (χ1v) is 9.50. The van der Waals surface area contributed by atoms with Crippen molar-refractivity contribution >= 4 is 23.4 Å². The van der Waals surface area contributed by atoms with Crippen LogP contribution in [0.2, 0.25) is 0 Å². The molecule has 0 saturated carbocycles. The third kappa shape index (κ3) is 5.04. The van der Waals surface area contributed by atoms with Crippen molar-refractivity contribution in [3.8, 4) is 0 Å².